The molecule has 1 aromatic carbocycles. The monoisotopic (exact) mass is 235 g/mol. The van der Waals surface area contributed by atoms with Crippen LogP contribution in [0.4, 0.5) is 8.78 Å². The fraction of sp³-hybridized carbons (Fsp3) is 0.154. The first-order valence-electron chi connectivity index (χ1n) is 5.17. The maximum Gasteiger partial charge on any atom is 0.255 e. The first-order valence-corrected chi connectivity index (χ1v) is 5.17. The molecule has 0 aliphatic rings. The zero-order chi connectivity index (χ0) is 12.3. The summed E-state index contributed by atoms with van der Waals surface area (Å²) < 4.78 is 26.2. The van der Waals surface area contributed by atoms with Crippen molar-refractivity contribution in [3.8, 4) is 5.69 Å². The van der Waals surface area contributed by atoms with Gasteiger partial charge in [0.1, 0.15) is 13.3 Å². The topological polar surface area (TPSA) is 22.0 Å². The summed E-state index contributed by atoms with van der Waals surface area (Å²) >= 11 is 0. The van der Waals surface area contributed by atoms with E-state index in [1.54, 1.807) is 24.3 Å². The lowest BCUT2D eigenvalue weighted by Crippen LogP contribution is -2.16. The molecule has 2 aromatic rings. The number of alkyl halides is 2. The van der Waals surface area contributed by atoms with Gasteiger partial charge in [0.25, 0.3) is 5.56 Å². The lowest BCUT2D eigenvalue weighted by Gasteiger charge is -2.07. The standard InChI is InChI=1S/C13H11F2NO/c14-7-10-1-4-12(5-2-10)16-9-11(8-15)3-6-13(16)17/h1-6,9H,7-8H2. The Bertz CT molecular complexity index is 560. The second-order valence-corrected chi connectivity index (χ2v) is 3.68. The SMILES string of the molecule is O=c1ccc(CF)cn1-c1ccc(CF)cc1. The smallest absolute Gasteiger partial charge is 0.255 e. The largest absolute Gasteiger partial charge is 0.284 e. The highest BCUT2D eigenvalue weighted by Gasteiger charge is 2.01. The normalized spacial score (nSPS) is 10.5. The fourth-order valence-corrected chi connectivity index (χ4v) is 1.56. The maximum absolute atomic E-state index is 12.5. The van der Waals surface area contributed by atoms with Gasteiger partial charge in [-0.1, -0.05) is 12.1 Å². The Morgan fingerprint density at radius 2 is 1.47 bits per heavy atom. The summed E-state index contributed by atoms with van der Waals surface area (Å²) in [7, 11) is 0. The number of hydrogen-bond acceptors (Lipinski definition) is 1. The van der Waals surface area contributed by atoms with Crippen LogP contribution in [-0.2, 0) is 13.3 Å². The van der Waals surface area contributed by atoms with Crippen LogP contribution < -0.4 is 5.56 Å². The van der Waals surface area contributed by atoms with Crippen molar-refractivity contribution in [2.45, 2.75) is 13.3 Å². The van der Waals surface area contributed by atoms with Crippen LogP contribution in [0.3, 0.4) is 0 Å². The Kier molecular flexibility index (Phi) is 3.32. The predicted molar refractivity (Wildman–Crippen MR) is 61.7 cm³/mol. The van der Waals surface area contributed by atoms with E-state index in [0.717, 1.165) is 0 Å². The van der Waals surface area contributed by atoms with Crippen LogP contribution in [0.1, 0.15) is 11.1 Å². The molecule has 17 heavy (non-hydrogen) atoms. The Balaban J connectivity index is 2.47. The number of benzene rings is 1. The van der Waals surface area contributed by atoms with Crippen molar-refractivity contribution < 1.29 is 8.78 Å². The van der Waals surface area contributed by atoms with Gasteiger partial charge in [-0.2, -0.15) is 0 Å². The predicted octanol–water partition coefficient (Wildman–Crippen LogP) is 2.78. The molecule has 88 valence electrons. The van der Waals surface area contributed by atoms with Crippen molar-refractivity contribution in [2.24, 2.45) is 0 Å². The van der Waals surface area contributed by atoms with E-state index < -0.39 is 13.3 Å². The summed E-state index contributed by atoms with van der Waals surface area (Å²) in [6, 6.07) is 9.25. The van der Waals surface area contributed by atoms with Crippen molar-refractivity contribution in [1.82, 2.24) is 4.57 Å². The number of halogens is 2. The molecule has 0 saturated carbocycles. The second kappa shape index (κ2) is 4.91. The van der Waals surface area contributed by atoms with E-state index in [4.69, 9.17) is 0 Å². The quantitative estimate of drug-likeness (QED) is 0.801. The molecule has 0 amide bonds. The van der Waals surface area contributed by atoms with Gasteiger partial charge in [-0.25, -0.2) is 8.78 Å². The summed E-state index contributed by atoms with van der Waals surface area (Å²) in [5, 5.41) is 0. The highest BCUT2D eigenvalue weighted by atomic mass is 19.1. The number of nitrogens with zero attached hydrogens (tertiary/aromatic N) is 1. The van der Waals surface area contributed by atoms with E-state index in [-0.39, 0.29) is 5.56 Å². The lowest BCUT2D eigenvalue weighted by molar-refractivity contribution is 0.483. The van der Waals surface area contributed by atoms with Crippen LogP contribution in [0.25, 0.3) is 5.69 Å². The molecule has 0 spiro atoms. The summed E-state index contributed by atoms with van der Waals surface area (Å²) in [4.78, 5) is 11.6. The average Bonchev–Trinajstić information content (AvgIpc) is 2.39. The minimum Gasteiger partial charge on any atom is -0.284 e. The van der Waals surface area contributed by atoms with Crippen molar-refractivity contribution in [3.63, 3.8) is 0 Å². The van der Waals surface area contributed by atoms with Crippen molar-refractivity contribution in [1.29, 1.82) is 0 Å². The van der Waals surface area contributed by atoms with Gasteiger partial charge in [-0.3, -0.25) is 9.36 Å². The van der Waals surface area contributed by atoms with E-state index in [1.165, 1.54) is 22.9 Å². The maximum atomic E-state index is 12.5. The van der Waals surface area contributed by atoms with Crippen LogP contribution in [0.5, 0.6) is 0 Å². The van der Waals surface area contributed by atoms with Gasteiger partial charge >= 0.3 is 0 Å². The summed E-state index contributed by atoms with van der Waals surface area (Å²) in [6.07, 6.45) is 1.45. The molecule has 0 N–H and O–H groups in total. The molecule has 0 aliphatic heterocycles. The van der Waals surface area contributed by atoms with Gasteiger partial charge in [0.2, 0.25) is 0 Å². The van der Waals surface area contributed by atoms with Crippen LogP contribution in [0.2, 0.25) is 0 Å². The number of pyridine rings is 1. The molecule has 0 radical (unpaired) electrons. The molecule has 2 nitrogen and oxygen atoms in total. The Morgan fingerprint density at radius 1 is 0.882 bits per heavy atom. The molecule has 0 atom stereocenters. The lowest BCUT2D eigenvalue weighted by atomic mass is 10.2. The molecule has 0 aliphatic carbocycles. The molecular weight excluding hydrogens is 224 g/mol. The zero-order valence-corrected chi connectivity index (χ0v) is 9.07. The molecular formula is C13H11F2NO. The Morgan fingerprint density at radius 3 is 2.06 bits per heavy atom. The van der Waals surface area contributed by atoms with E-state index in [2.05, 4.69) is 0 Å². The second-order valence-electron chi connectivity index (χ2n) is 3.68. The highest BCUT2D eigenvalue weighted by Crippen LogP contribution is 2.10. The summed E-state index contributed by atoms with van der Waals surface area (Å²) in [6.45, 7) is -1.16. The van der Waals surface area contributed by atoms with Gasteiger partial charge in [-0.15, -0.1) is 0 Å². The average molecular weight is 235 g/mol. The highest BCUT2D eigenvalue weighted by molar-refractivity contribution is 5.35. The van der Waals surface area contributed by atoms with Gasteiger partial charge < -0.3 is 0 Å². The van der Waals surface area contributed by atoms with Crippen molar-refractivity contribution >= 4 is 0 Å². The third kappa shape index (κ3) is 2.41. The van der Waals surface area contributed by atoms with Crippen molar-refractivity contribution in [3.05, 3.63) is 64.1 Å². The molecule has 4 heteroatoms. The molecule has 0 saturated heterocycles. The molecule has 0 fully saturated rings. The van der Waals surface area contributed by atoms with Crippen molar-refractivity contribution in [2.75, 3.05) is 0 Å². The first-order chi connectivity index (χ1) is 8.24. The molecule has 0 unspecified atom stereocenters. The minimum atomic E-state index is -0.622. The van der Waals surface area contributed by atoms with Gasteiger partial charge in [0.15, 0.2) is 0 Å². The number of hydrogen-bond donors (Lipinski definition) is 0. The van der Waals surface area contributed by atoms with E-state index >= 15 is 0 Å². The number of rotatable bonds is 3. The van der Waals surface area contributed by atoms with Gasteiger partial charge in [-0.05, 0) is 29.3 Å². The van der Waals surface area contributed by atoms with Crippen LogP contribution in [-0.4, -0.2) is 4.57 Å². The Hall–Kier alpha value is -1.97. The third-order valence-electron chi connectivity index (χ3n) is 2.50. The van der Waals surface area contributed by atoms with E-state index in [1.807, 2.05) is 0 Å². The van der Waals surface area contributed by atoms with Crippen LogP contribution >= 0.6 is 0 Å². The van der Waals surface area contributed by atoms with Gasteiger partial charge in [0, 0.05) is 18.0 Å². The van der Waals surface area contributed by atoms with Crippen LogP contribution in [0, 0.1) is 0 Å². The van der Waals surface area contributed by atoms with Gasteiger partial charge in [0.05, 0.1) is 0 Å². The van der Waals surface area contributed by atoms with Crippen LogP contribution in [0.15, 0.2) is 47.4 Å². The van der Waals surface area contributed by atoms with E-state index in [0.29, 0.717) is 16.8 Å². The summed E-state index contributed by atoms with van der Waals surface area (Å²) in [5.41, 5.74) is 1.33. The first kappa shape index (κ1) is 11.5. The summed E-state index contributed by atoms with van der Waals surface area (Å²) in [5.74, 6) is 0. The molecule has 2 rings (SSSR count). The Labute approximate surface area is 97.1 Å². The fourth-order valence-electron chi connectivity index (χ4n) is 1.56. The molecule has 1 heterocycles. The third-order valence-corrected chi connectivity index (χ3v) is 2.50. The zero-order valence-electron chi connectivity index (χ0n) is 9.07. The number of aromatic nitrogens is 1. The molecule has 0 bridgehead atoms. The minimum absolute atomic E-state index is 0.241. The molecule has 1 aromatic heterocycles. The van der Waals surface area contributed by atoms with E-state index in [9.17, 15) is 13.6 Å².